The van der Waals surface area contributed by atoms with Crippen LogP contribution < -0.4 is 5.32 Å². The molecule has 1 saturated heterocycles. The second-order valence-electron chi connectivity index (χ2n) is 6.51. The highest BCUT2D eigenvalue weighted by Crippen LogP contribution is 2.31. The molecule has 19 heavy (non-hydrogen) atoms. The van der Waals surface area contributed by atoms with Crippen molar-refractivity contribution in [2.24, 2.45) is 0 Å². The van der Waals surface area contributed by atoms with Crippen molar-refractivity contribution in [2.45, 2.75) is 70.4 Å². The van der Waals surface area contributed by atoms with Crippen LogP contribution in [-0.2, 0) is 4.74 Å². The maximum absolute atomic E-state index is 5.60. The number of rotatable bonds is 6. The summed E-state index contributed by atoms with van der Waals surface area (Å²) in [7, 11) is 0. The van der Waals surface area contributed by atoms with E-state index in [0.717, 1.165) is 26.2 Å². The lowest BCUT2D eigenvalue weighted by atomic mass is 9.79. The standard InChI is InChI=1S/C16H32N2O/c1-3-11-19-12-7-10-18-14-16(17-13-15(18)2)8-5-4-6-9-16/h15,17H,3-14H2,1-2H3. The molecular formula is C16H32N2O. The third-order valence-corrected chi connectivity index (χ3v) is 4.79. The Hall–Kier alpha value is -0.120. The minimum Gasteiger partial charge on any atom is -0.381 e. The minimum atomic E-state index is 0.440. The summed E-state index contributed by atoms with van der Waals surface area (Å²) < 4.78 is 5.60. The summed E-state index contributed by atoms with van der Waals surface area (Å²) in [4.78, 5) is 2.69. The third-order valence-electron chi connectivity index (χ3n) is 4.79. The molecule has 0 aromatic carbocycles. The van der Waals surface area contributed by atoms with Gasteiger partial charge in [0.1, 0.15) is 0 Å². The molecule has 2 fully saturated rings. The minimum absolute atomic E-state index is 0.440. The molecule has 1 saturated carbocycles. The Morgan fingerprint density at radius 3 is 2.74 bits per heavy atom. The van der Waals surface area contributed by atoms with E-state index in [1.165, 1.54) is 51.6 Å². The lowest BCUT2D eigenvalue weighted by Gasteiger charge is -2.49. The molecule has 0 radical (unpaired) electrons. The van der Waals surface area contributed by atoms with Gasteiger partial charge in [-0.3, -0.25) is 4.90 Å². The number of hydrogen-bond acceptors (Lipinski definition) is 3. The van der Waals surface area contributed by atoms with Gasteiger partial charge in [-0.15, -0.1) is 0 Å². The average molecular weight is 268 g/mol. The van der Waals surface area contributed by atoms with Crippen molar-refractivity contribution < 1.29 is 4.74 Å². The number of nitrogens with one attached hydrogen (secondary N) is 1. The van der Waals surface area contributed by atoms with Crippen molar-refractivity contribution in [3.05, 3.63) is 0 Å². The SMILES string of the molecule is CCCOCCCN1CC2(CCCCC2)NCC1C. The molecule has 2 aliphatic rings. The van der Waals surface area contributed by atoms with Crippen LogP contribution in [0, 0.1) is 0 Å². The van der Waals surface area contributed by atoms with E-state index < -0.39 is 0 Å². The molecule has 112 valence electrons. The Morgan fingerprint density at radius 2 is 2.00 bits per heavy atom. The lowest BCUT2D eigenvalue weighted by molar-refractivity contribution is 0.0512. The van der Waals surface area contributed by atoms with Crippen LogP contribution in [0.2, 0.25) is 0 Å². The molecule has 3 heteroatoms. The van der Waals surface area contributed by atoms with Crippen molar-refractivity contribution in [3.63, 3.8) is 0 Å². The third kappa shape index (κ3) is 4.44. The lowest BCUT2D eigenvalue weighted by Crippen LogP contribution is -2.64. The quantitative estimate of drug-likeness (QED) is 0.750. The molecule has 2 rings (SSSR count). The highest BCUT2D eigenvalue weighted by molar-refractivity contribution is 4.98. The van der Waals surface area contributed by atoms with Gasteiger partial charge in [0.05, 0.1) is 0 Å². The fraction of sp³-hybridized carbons (Fsp3) is 1.00. The molecular weight excluding hydrogens is 236 g/mol. The summed E-state index contributed by atoms with van der Waals surface area (Å²) in [6, 6.07) is 0.679. The Balaban J connectivity index is 1.74. The van der Waals surface area contributed by atoms with Crippen LogP contribution in [0.4, 0.5) is 0 Å². The molecule has 1 unspecified atom stereocenters. The summed E-state index contributed by atoms with van der Waals surface area (Å²) in [5, 5.41) is 3.85. The predicted molar refractivity (Wildman–Crippen MR) is 80.6 cm³/mol. The predicted octanol–water partition coefficient (Wildman–Crippen LogP) is 2.80. The first-order chi connectivity index (χ1) is 9.26. The maximum atomic E-state index is 5.60. The number of nitrogens with zero attached hydrogens (tertiary/aromatic N) is 1. The average Bonchev–Trinajstić information content (AvgIpc) is 2.44. The van der Waals surface area contributed by atoms with Crippen LogP contribution in [0.25, 0.3) is 0 Å². The summed E-state index contributed by atoms with van der Waals surface area (Å²) in [6.07, 6.45) is 9.33. The normalized spacial score (nSPS) is 27.8. The van der Waals surface area contributed by atoms with E-state index in [2.05, 4.69) is 24.1 Å². The van der Waals surface area contributed by atoms with Gasteiger partial charge in [0.15, 0.2) is 0 Å². The van der Waals surface area contributed by atoms with Crippen molar-refractivity contribution in [1.29, 1.82) is 0 Å². The molecule has 3 nitrogen and oxygen atoms in total. The fourth-order valence-corrected chi connectivity index (χ4v) is 3.57. The van der Waals surface area contributed by atoms with E-state index in [-0.39, 0.29) is 0 Å². The monoisotopic (exact) mass is 268 g/mol. The van der Waals surface area contributed by atoms with Gasteiger partial charge in [-0.1, -0.05) is 26.2 Å². The zero-order valence-electron chi connectivity index (χ0n) is 12.9. The molecule has 0 aromatic rings. The van der Waals surface area contributed by atoms with Crippen molar-refractivity contribution in [1.82, 2.24) is 10.2 Å². The molecule has 1 N–H and O–H groups in total. The smallest absolute Gasteiger partial charge is 0.0478 e. The highest BCUT2D eigenvalue weighted by Gasteiger charge is 2.38. The van der Waals surface area contributed by atoms with E-state index in [0.29, 0.717) is 11.6 Å². The van der Waals surface area contributed by atoms with Gasteiger partial charge in [-0.05, 0) is 32.6 Å². The maximum Gasteiger partial charge on any atom is 0.0478 e. The Morgan fingerprint density at radius 1 is 1.21 bits per heavy atom. The highest BCUT2D eigenvalue weighted by atomic mass is 16.5. The van der Waals surface area contributed by atoms with Gasteiger partial charge in [0, 0.05) is 44.4 Å². The number of hydrogen-bond donors (Lipinski definition) is 1. The van der Waals surface area contributed by atoms with E-state index in [1.807, 2.05) is 0 Å². The van der Waals surface area contributed by atoms with Gasteiger partial charge < -0.3 is 10.1 Å². The van der Waals surface area contributed by atoms with Gasteiger partial charge in [-0.25, -0.2) is 0 Å². The van der Waals surface area contributed by atoms with Gasteiger partial charge in [-0.2, -0.15) is 0 Å². The first kappa shape index (κ1) is 15.3. The van der Waals surface area contributed by atoms with Gasteiger partial charge in [0.2, 0.25) is 0 Å². The topological polar surface area (TPSA) is 24.5 Å². The van der Waals surface area contributed by atoms with Crippen molar-refractivity contribution >= 4 is 0 Å². The molecule has 1 atom stereocenters. The Bertz CT molecular complexity index is 251. The molecule has 1 aliphatic heterocycles. The molecule has 0 aromatic heterocycles. The first-order valence-electron chi connectivity index (χ1n) is 8.32. The number of piperazine rings is 1. The molecule has 1 aliphatic carbocycles. The zero-order chi connectivity index (χ0) is 13.6. The van der Waals surface area contributed by atoms with Gasteiger partial charge in [0.25, 0.3) is 0 Å². The van der Waals surface area contributed by atoms with Crippen LogP contribution in [0.15, 0.2) is 0 Å². The van der Waals surface area contributed by atoms with E-state index >= 15 is 0 Å². The van der Waals surface area contributed by atoms with E-state index in [9.17, 15) is 0 Å². The molecule has 0 amide bonds. The van der Waals surface area contributed by atoms with Crippen LogP contribution in [0.3, 0.4) is 0 Å². The van der Waals surface area contributed by atoms with Gasteiger partial charge >= 0.3 is 0 Å². The zero-order valence-corrected chi connectivity index (χ0v) is 12.9. The second kappa shape index (κ2) is 7.61. The van der Waals surface area contributed by atoms with Crippen LogP contribution in [0.5, 0.6) is 0 Å². The summed E-state index contributed by atoms with van der Waals surface area (Å²) >= 11 is 0. The Labute approximate surface area is 119 Å². The van der Waals surface area contributed by atoms with Crippen molar-refractivity contribution in [3.8, 4) is 0 Å². The first-order valence-corrected chi connectivity index (χ1v) is 8.32. The van der Waals surface area contributed by atoms with Crippen LogP contribution >= 0.6 is 0 Å². The van der Waals surface area contributed by atoms with Crippen molar-refractivity contribution in [2.75, 3.05) is 32.8 Å². The molecule has 1 heterocycles. The van der Waals surface area contributed by atoms with E-state index in [1.54, 1.807) is 0 Å². The second-order valence-corrected chi connectivity index (χ2v) is 6.51. The molecule has 1 spiro atoms. The largest absolute Gasteiger partial charge is 0.381 e. The summed E-state index contributed by atoms with van der Waals surface area (Å²) in [6.45, 7) is 9.99. The molecule has 0 bridgehead atoms. The van der Waals surface area contributed by atoms with E-state index in [4.69, 9.17) is 4.74 Å². The fourth-order valence-electron chi connectivity index (χ4n) is 3.57. The summed E-state index contributed by atoms with van der Waals surface area (Å²) in [5.74, 6) is 0. The number of ether oxygens (including phenoxy) is 1. The van der Waals surface area contributed by atoms with Crippen LogP contribution in [0.1, 0.15) is 58.8 Å². The summed E-state index contributed by atoms with van der Waals surface area (Å²) in [5.41, 5.74) is 0.440. The van der Waals surface area contributed by atoms with Crippen LogP contribution in [-0.4, -0.2) is 49.3 Å². The Kier molecular flexibility index (Phi) is 6.11.